The number of aromatic hydroxyl groups is 1. The van der Waals surface area contributed by atoms with Crippen LogP contribution < -0.4 is 4.90 Å². The van der Waals surface area contributed by atoms with Crippen LogP contribution in [0.3, 0.4) is 0 Å². The first-order chi connectivity index (χ1) is 17.3. The second kappa shape index (κ2) is 10.0. The molecule has 0 saturated carbocycles. The van der Waals surface area contributed by atoms with E-state index >= 15 is 4.39 Å². The van der Waals surface area contributed by atoms with Gasteiger partial charge in [-0.25, -0.2) is 4.39 Å². The van der Waals surface area contributed by atoms with E-state index in [4.69, 9.17) is 11.6 Å². The molecular weight excluding hydrogens is 499 g/mol. The summed E-state index contributed by atoms with van der Waals surface area (Å²) in [5, 5.41) is 13.6. The van der Waals surface area contributed by atoms with Crippen LogP contribution in [0.4, 0.5) is 9.39 Å². The van der Waals surface area contributed by atoms with Crippen LogP contribution in [0, 0.1) is 5.82 Å². The van der Waals surface area contributed by atoms with Gasteiger partial charge in [0.2, 0.25) is 5.91 Å². The van der Waals surface area contributed by atoms with Gasteiger partial charge in [0, 0.05) is 49.7 Å². The van der Waals surface area contributed by atoms with Crippen molar-refractivity contribution in [2.45, 2.75) is 0 Å². The summed E-state index contributed by atoms with van der Waals surface area (Å²) in [7, 11) is 3.91. The van der Waals surface area contributed by atoms with E-state index in [2.05, 4.69) is 9.27 Å². The zero-order valence-electron chi connectivity index (χ0n) is 20.0. The first-order valence-electron chi connectivity index (χ1n) is 11.7. The lowest BCUT2D eigenvalue weighted by molar-refractivity contribution is -0.126. The van der Waals surface area contributed by atoms with Crippen LogP contribution in [-0.2, 0) is 4.79 Å². The molecule has 1 fully saturated rings. The number of phenols is 1. The summed E-state index contributed by atoms with van der Waals surface area (Å²) in [4.78, 5) is 18.4. The number of hydrogen-bond donors (Lipinski definition) is 1. The Kier molecular flexibility index (Phi) is 6.83. The molecule has 6 nitrogen and oxygen atoms in total. The summed E-state index contributed by atoms with van der Waals surface area (Å²) in [5.74, 6) is -0.458. The van der Waals surface area contributed by atoms with Crippen LogP contribution in [0.1, 0.15) is 0 Å². The molecular formula is C27H26ClFN4O2S. The van der Waals surface area contributed by atoms with Crippen molar-refractivity contribution in [2.24, 2.45) is 0 Å². The summed E-state index contributed by atoms with van der Waals surface area (Å²) in [6.07, 6.45) is 3.49. The van der Waals surface area contributed by atoms with Crippen molar-refractivity contribution in [3.8, 4) is 16.9 Å². The fraction of sp³-hybridized carbons (Fsp3) is 0.259. The summed E-state index contributed by atoms with van der Waals surface area (Å²) < 4.78 is 20.3. The molecule has 0 bridgehead atoms. The molecule has 1 saturated heterocycles. The van der Waals surface area contributed by atoms with Gasteiger partial charge in [0.25, 0.3) is 0 Å². The van der Waals surface area contributed by atoms with Gasteiger partial charge in [0.15, 0.2) is 5.82 Å². The minimum Gasteiger partial charge on any atom is -0.508 e. The van der Waals surface area contributed by atoms with E-state index < -0.39 is 5.82 Å². The molecule has 1 aliphatic rings. The van der Waals surface area contributed by atoms with Gasteiger partial charge in [0.05, 0.1) is 5.02 Å². The molecule has 1 N–H and O–H groups in total. The SMILES string of the molecule is CN(C)C/C=C/C(=O)N1CCN(c2snc3c(F)c(-c4cc(O)cc5ccccc45)c(Cl)cc23)CC1. The molecule has 5 rings (SSSR count). The predicted octanol–water partition coefficient (Wildman–Crippen LogP) is 5.38. The largest absolute Gasteiger partial charge is 0.508 e. The van der Waals surface area contributed by atoms with Gasteiger partial charge in [-0.05, 0) is 60.2 Å². The average Bonchev–Trinajstić information content (AvgIpc) is 3.27. The minimum absolute atomic E-state index is 0.00253. The average molecular weight is 525 g/mol. The van der Waals surface area contributed by atoms with Gasteiger partial charge in [-0.3, -0.25) is 4.79 Å². The third kappa shape index (κ3) is 4.64. The number of hydrogen-bond acceptors (Lipinski definition) is 6. The van der Waals surface area contributed by atoms with Gasteiger partial charge in [0.1, 0.15) is 16.3 Å². The number of likely N-dealkylation sites (N-methyl/N-ethyl adjacent to an activating group) is 1. The first-order valence-corrected chi connectivity index (χ1v) is 12.8. The standard InChI is InChI=1S/C27H26ClFN4O2S/c1-31(2)9-5-8-23(35)32-10-12-33(13-11-32)27-21-16-22(28)24(25(29)26(21)30-36-27)20-15-18(34)14-17-6-3-4-7-19(17)20/h3-8,14-16,34H,9-13H2,1-2H3/b8-5+. The maximum Gasteiger partial charge on any atom is 0.246 e. The molecule has 186 valence electrons. The zero-order valence-corrected chi connectivity index (χ0v) is 21.6. The number of anilines is 1. The Morgan fingerprint density at radius 3 is 2.67 bits per heavy atom. The van der Waals surface area contributed by atoms with Crippen molar-refractivity contribution in [3.63, 3.8) is 0 Å². The minimum atomic E-state index is -0.504. The van der Waals surface area contributed by atoms with Crippen molar-refractivity contribution in [1.29, 1.82) is 0 Å². The van der Waals surface area contributed by atoms with Crippen LogP contribution in [0.2, 0.25) is 5.02 Å². The van der Waals surface area contributed by atoms with Gasteiger partial charge in [-0.15, -0.1) is 0 Å². The molecule has 1 aliphatic heterocycles. The van der Waals surface area contributed by atoms with Gasteiger partial charge >= 0.3 is 0 Å². The number of phenolic OH excluding ortho intramolecular Hbond substituents is 1. The number of carbonyl (C=O) groups excluding carboxylic acids is 1. The van der Waals surface area contributed by atoms with Gasteiger partial charge in [-0.1, -0.05) is 41.9 Å². The lowest BCUT2D eigenvalue weighted by atomic mass is 9.96. The first kappa shape index (κ1) is 24.5. The third-order valence-electron chi connectivity index (χ3n) is 6.37. The summed E-state index contributed by atoms with van der Waals surface area (Å²) in [6, 6.07) is 12.4. The smallest absolute Gasteiger partial charge is 0.246 e. The number of carbonyl (C=O) groups is 1. The number of nitrogens with zero attached hydrogens (tertiary/aromatic N) is 4. The molecule has 0 radical (unpaired) electrons. The summed E-state index contributed by atoms with van der Waals surface area (Å²) in [6.45, 7) is 3.12. The lowest BCUT2D eigenvalue weighted by Gasteiger charge is -2.34. The Morgan fingerprint density at radius 1 is 1.17 bits per heavy atom. The van der Waals surface area contributed by atoms with Crippen LogP contribution in [-0.4, -0.2) is 72.0 Å². The highest BCUT2D eigenvalue weighted by atomic mass is 35.5. The van der Waals surface area contributed by atoms with E-state index in [9.17, 15) is 9.90 Å². The number of fused-ring (bicyclic) bond motifs is 2. The molecule has 0 aliphatic carbocycles. The third-order valence-corrected chi connectivity index (χ3v) is 7.59. The van der Waals surface area contributed by atoms with Crippen molar-refractivity contribution in [2.75, 3.05) is 51.7 Å². The quantitative estimate of drug-likeness (QED) is 0.355. The number of benzene rings is 3. The van der Waals surface area contributed by atoms with Crippen LogP contribution in [0.25, 0.3) is 32.8 Å². The second-order valence-corrected chi connectivity index (χ2v) is 10.3. The molecule has 1 amide bonds. The van der Waals surface area contributed by atoms with Crippen molar-refractivity contribution < 1.29 is 14.3 Å². The Bertz CT molecular complexity index is 1480. The number of aromatic nitrogens is 1. The van der Waals surface area contributed by atoms with E-state index in [1.807, 2.05) is 54.2 Å². The molecule has 0 spiro atoms. The van der Waals surface area contributed by atoms with Gasteiger partial charge in [-0.2, -0.15) is 4.37 Å². The van der Waals surface area contributed by atoms with Gasteiger partial charge < -0.3 is 19.8 Å². The summed E-state index contributed by atoms with van der Waals surface area (Å²) >= 11 is 7.91. The molecule has 3 aromatic carbocycles. The lowest BCUT2D eigenvalue weighted by Crippen LogP contribution is -2.48. The molecule has 2 heterocycles. The Morgan fingerprint density at radius 2 is 1.92 bits per heavy atom. The summed E-state index contributed by atoms with van der Waals surface area (Å²) in [5.41, 5.74) is 1.01. The molecule has 0 unspecified atom stereocenters. The molecule has 4 aromatic rings. The molecule has 9 heteroatoms. The van der Waals surface area contributed by atoms with E-state index in [-0.39, 0.29) is 27.8 Å². The predicted molar refractivity (Wildman–Crippen MR) is 146 cm³/mol. The Balaban J connectivity index is 1.43. The van der Waals surface area contributed by atoms with Crippen molar-refractivity contribution >= 4 is 55.7 Å². The maximum atomic E-state index is 15.9. The fourth-order valence-electron chi connectivity index (χ4n) is 4.58. The molecule has 36 heavy (non-hydrogen) atoms. The number of amides is 1. The van der Waals surface area contributed by atoms with Crippen molar-refractivity contribution in [3.05, 3.63) is 65.5 Å². The Hall–Kier alpha value is -3.20. The highest BCUT2D eigenvalue weighted by Crippen LogP contribution is 2.43. The van der Waals surface area contributed by atoms with E-state index in [1.54, 1.807) is 18.2 Å². The van der Waals surface area contributed by atoms with Crippen LogP contribution >= 0.6 is 23.1 Å². The normalized spacial score (nSPS) is 14.6. The van der Waals surface area contributed by atoms with E-state index in [1.165, 1.54) is 17.6 Å². The van der Waals surface area contributed by atoms with E-state index in [0.717, 1.165) is 15.8 Å². The maximum absolute atomic E-state index is 15.9. The number of halogens is 2. The van der Waals surface area contributed by atoms with Crippen LogP contribution in [0.15, 0.2) is 54.6 Å². The highest BCUT2D eigenvalue weighted by molar-refractivity contribution is 7.11. The monoisotopic (exact) mass is 524 g/mol. The number of piperazine rings is 1. The topological polar surface area (TPSA) is 59.9 Å². The molecule has 1 aromatic heterocycles. The Labute approximate surface area is 218 Å². The fourth-order valence-corrected chi connectivity index (χ4v) is 5.78. The number of rotatable bonds is 5. The van der Waals surface area contributed by atoms with Crippen LogP contribution in [0.5, 0.6) is 5.75 Å². The highest BCUT2D eigenvalue weighted by Gasteiger charge is 2.26. The second-order valence-electron chi connectivity index (χ2n) is 9.12. The molecule has 0 atom stereocenters. The van der Waals surface area contributed by atoms with E-state index in [0.29, 0.717) is 43.7 Å². The van der Waals surface area contributed by atoms with Crippen molar-refractivity contribution in [1.82, 2.24) is 14.2 Å². The zero-order chi connectivity index (χ0) is 25.4.